The molecule has 2 fully saturated rings. The molecule has 0 bridgehead atoms. The van der Waals surface area contributed by atoms with Crippen molar-refractivity contribution in [3.63, 3.8) is 0 Å². The molecule has 1 unspecified atom stereocenters. The Morgan fingerprint density at radius 2 is 1.79 bits per heavy atom. The molecule has 3 aliphatic heterocycles. The number of nitrogens with one attached hydrogen (secondary N) is 1. The molecule has 0 aliphatic carbocycles. The molecular formula is C20H25BN2O6. The summed E-state index contributed by atoms with van der Waals surface area (Å²) in [5.41, 5.74) is 0.982. The highest BCUT2D eigenvalue weighted by molar-refractivity contribution is 6.62. The summed E-state index contributed by atoms with van der Waals surface area (Å²) in [5, 5.41) is 2.31. The molecule has 1 aromatic carbocycles. The molecule has 4 rings (SSSR count). The first-order valence-electron chi connectivity index (χ1n) is 9.75. The Kier molecular flexibility index (Phi) is 4.51. The Morgan fingerprint density at radius 1 is 1.14 bits per heavy atom. The van der Waals surface area contributed by atoms with Crippen LogP contribution in [0.3, 0.4) is 0 Å². The number of carbonyl (C=O) groups excluding carboxylic acids is 3. The van der Waals surface area contributed by atoms with E-state index in [2.05, 4.69) is 5.32 Å². The number of nitrogens with zero attached hydrogens (tertiary/aromatic N) is 1. The largest absolute Gasteiger partial charge is 0.496 e. The van der Waals surface area contributed by atoms with Gasteiger partial charge in [0.15, 0.2) is 0 Å². The topological polar surface area (TPSA) is 94.2 Å². The maximum absolute atomic E-state index is 13.1. The first-order valence-corrected chi connectivity index (χ1v) is 9.75. The summed E-state index contributed by atoms with van der Waals surface area (Å²) in [6, 6.07) is 2.97. The zero-order chi connectivity index (χ0) is 21.1. The Morgan fingerprint density at radius 3 is 2.38 bits per heavy atom. The van der Waals surface area contributed by atoms with Crippen LogP contribution in [0.25, 0.3) is 0 Å². The average Bonchev–Trinajstić information content (AvgIpc) is 3.07. The smallest absolute Gasteiger partial charge is 0.494 e. The van der Waals surface area contributed by atoms with E-state index in [1.807, 2.05) is 33.8 Å². The van der Waals surface area contributed by atoms with E-state index >= 15 is 0 Å². The molecule has 1 N–H and O–H groups in total. The normalized spacial score (nSPS) is 25.3. The molecule has 3 amide bonds. The second kappa shape index (κ2) is 6.57. The van der Waals surface area contributed by atoms with Gasteiger partial charge in [0, 0.05) is 13.0 Å². The van der Waals surface area contributed by atoms with Crippen molar-refractivity contribution in [3.8, 4) is 5.75 Å². The van der Waals surface area contributed by atoms with Crippen LogP contribution in [-0.2, 0) is 25.4 Å². The number of fused-ring (bicyclic) bond motifs is 1. The molecule has 8 nitrogen and oxygen atoms in total. The fourth-order valence-corrected chi connectivity index (χ4v) is 3.97. The van der Waals surface area contributed by atoms with Crippen LogP contribution >= 0.6 is 0 Å². The van der Waals surface area contributed by atoms with Crippen LogP contribution < -0.4 is 15.5 Å². The zero-order valence-electron chi connectivity index (χ0n) is 17.3. The summed E-state index contributed by atoms with van der Waals surface area (Å²) in [6.07, 6.45) is 0.531. The quantitative estimate of drug-likeness (QED) is 0.595. The number of benzene rings is 1. The summed E-state index contributed by atoms with van der Waals surface area (Å²) in [4.78, 5) is 38.3. The summed E-state index contributed by atoms with van der Waals surface area (Å²) in [5.74, 6) is -0.595. The molecular weight excluding hydrogens is 375 g/mol. The van der Waals surface area contributed by atoms with E-state index in [0.717, 1.165) is 11.0 Å². The Balaban J connectivity index is 1.66. The lowest BCUT2D eigenvalue weighted by Crippen LogP contribution is -2.52. The van der Waals surface area contributed by atoms with Crippen LogP contribution in [0.1, 0.15) is 56.5 Å². The molecule has 0 radical (unpaired) electrons. The summed E-state index contributed by atoms with van der Waals surface area (Å²) < 4.78 is 17.8. The van der Waals surface area contributed by atoms with Crippen LogP contribution in [0.15, 0.2) is 12.1 Å². The van der Waals surface area contributed by atoms with Crippen LogP contribution in [-0.4, -0.2) is 54.1 Å². The molecule has 0 spiro atoms. The number of methoxy groups -OCH3 is 1. The summed E-state index contributed by atoms with van der Waals surface area (Å²) >= 11 is 0. The average molecular weight is 400 g/mol. The molecule has 1 atom stereocenters. The van der Waals surface area contributed by atoms with Gasteiger partial charge in [-0.15, -0.1) is 0 Å². The van der Waals surface area contributed by atoms with Gasteiger partial charge in [-0.25, -0.2) is 0 Å². The summed E-state index contributed by atoms with van der Waals surface area (Å²) in [6.45, 7) is 8.18. The van der Waals surface area contributed by atoms with Gasteiger partial charge in [0.2, 0.25) is 11.8 Å². The third-order valence-electron chi connectivity index (χ3n) is 6.35. The molecule has 0 aromatic heterocycles. The highest BCUT2D eigenvalue weighted by atomic mass is 16.7. The van der Waals surface area contributed by atoms with Crippen LogP contribution in [0.2, 0.25) is 0 Å². The lowest BCUT2D eigenvalue weighted by molar-refractivity contribution is -0.136. The third kappa shape index (κ3) is 3.12. The molecule has 29 heavy (non-hydrogen) atoms. The van der Waals surface area contributed by atoms with Crippen molar-refractivity contribution >= 4 is 30.3 Å². The Bertz CT molecular complexity index is 896. The SMILES string of the molecule is COc1cc(B2OC(C)(C)C(C)(C)O2)cc2c1C(=O)N(C1CCC(=O)NC1=O)C2. The second-order valence-corrected chi connectivity index (χ2v) is 8.75. The van der Waals surface area contributed by atoms with Gasteiger partial charge < -0.3 is 18.9 Å². The van der Waals surface area contributed by atoms with Crippen molar-refractivity contribution in [1.29, 1.82) is 0 Å². The van der Waals surface area contributed by atoms with Crippen LogP contribution in [0.5, 0.6) is 5.75 Å². The number of imide groups is 1. The first kappa shape index (κ1) is 19.9. The lowest BCUT2D eigenvalue weighted by atomic mass is 9.77. The lowest BCUT2D eigenvalue weighted by Gasteiger charge is -2.32. The van der Waals surface area contributed by atoms with E-state index in [-0.39, 0.29) is 24.8 Å². The highest BCUT2D eigenvalue weighted by Crippen LogP contribution is 2.38. The molecule has 154 valence electrons. The van der Waals surface area contributed by atoms with E-state index in [0.29, 0.717) is 17.7 Å². The van der Waals surface area contributed by atoms with Crippen molar-refractivity contribution in [1.82, 2.24) is 10.2 Å². The number of hydrogen-bond donors (Lipinski definition) is 1. The van der Waals surface area contributed by atoms with Gasteiger partial charge >= 0.3 is 7.12 Å². The molecule has 2 saturated heterocycles. The van der Waals surface area contributed by atoms with Crippen molar-refractivity contribution < 1.29 is 28.4 Å². The van der Waals surface area contributed by atoms with Gasteiger partial charge in [0.05, 0.1) is 23.9 Å². The first-order chi connectivity index (χ1) is 13.5. The Hall–Kier alpha value is -2.39. The van der Waals surface area contributed by atoms with Gasteiger partial charge in [0.25, 0.3) is 5.91 Å². The number of amides is 3. The van der Waals surface area contributed by atoms with Crippen molar-refractivity contribution in [2.75, 3.05) is 7.11 Å². The minimum absolute atomic E-state index is 0.215. The molecule has 9 heteroatoms. The van der Waals surface area contributed by atoms with Gasteiger partial charge in [0.1, 0.15) is 11.8 Å². The van der Waals surface area contributed by atoms with E-state index in [1.165, 1.54) is 12.0 Å². The molecule has 3 heterocycles. The van der Waals surface area contributed by atoms with E-state index < -0.39 is 30.3 Å². The predicted molar refractivity (Wildman–Crippen MR) is 105 cm³/mol. The van der Waals surface area contributed by atoms with Crippen molar-refractivity contribution in [2.45, 2.75) is 64.3 Å². The number of ether oxygens (including phenoxy) is 1. The van der Waals surface area contributed by atoms with Crippen molar-refractivity contribution in [3.05, 3.63) is 23.3 Å². The highest BCUT2D eigenvalue weighted by Gasteiger charge is 2.52. The van der Waals surface area contributed by atoms with E-state index in [4.69, 9.17) is 14.0 Å². The van der Waals surface area contributed by atoms with Gasteiger partial charge in [-0.3, -0.25) is 19.7 Å². The molecule has 0 saturated carbocycles. The molecule has 1 aromatic rings. The van der Waals surface area contributed by atoms with Crippen LogP contribution in [0, 0.1) is 0 Å². The third-order valence-corrected chi connectivity index (χ3v) is 6.35. The number of piperidine rings is 1. The maximum atomic E-state index is 13.1. The molecule has 3 aliphatic rings. The van der Waals surface area contributed by atoms with Gasteiger partial charge in [-0.1, -0.05) is 6.07 Å². The standard InChI is InChI=1S/C20H25BN2O6/c1-19(2)20(3,4)29-21(28-19)12-8-11-10-23(13-6-7-15(24)22-17(13)25)18(26)16(11)14(9-12)27-5/h8-9,13H,6-7,10H2,1-5H3,(H,22,24,25). The minimum atomic E-state index is -0.669. The zero-order valence-corrected chi connectivity index (χ0v) is 17.3. The van der Waals surface area contributed by atoms with Gasteiger partial charge in [-0.05, 0) is 51.2 Å². The maximum Gasteiger partial charge on any atom is 0.494 e. The predicted octanol–water partition coefficient (Wildman–Crippen LogP) is 0.755. The van der Waals surface area contributed by atoms with E-state index in [9.17, 15) is 14.4 Å². The number of carbonyl (C=O) groups is 3. The summed E-state index contributed by atoms with van der Waals surface area (Å²) in [7, 11) is 0.921. The number of hydrogen-bond acceptors (Lipinski definition) is 6. The monoisotopic (exact) mass is 400 g/mol. The second-order valence-electron chi connectivity index (χ2n) is 8.75. The Labute approximate surface area is 170 Å². The fourth-order valence-electron chi connectivity index (χ4n) is 3.97. The number of rotatable bonds is 3. The van der Waals surface area contributed by atoms with Crippen molar-refractivity contribution in [2.24, 2.45) is 0 Å². The van der Waals surface area contributed by atoms with Gasteiger partial charge in [-0.2, -0.15) is 0 Å². The van der Waals surface area contributed by atoms with E-state index in [1.54, 1.807) is 6.07 Å². The fraction of sp³-hybridized carbons (Fsp3) is 0.550. The minimum Gasteiger partial charge on any atom is -0.496 e. The van der Waals surface area contributed by atoms with Crippen LogP contribution in [0.4, 0.5) is 0 Å².